The van der Waals surface area contributed by atoms with Gasteiger partial charge in [-0.05, 0) is 17.7 Å². The number of aromatic nitrogens is 2. The molecule has 2 aliphatic rings. The number of amides is 1. The van der Waals surface area contributed by atoms with E-state index in [1.807, 2.05) is 42.5 Å². The predicted molar refractivity (Wildman–Crippen MR) is 122 cm³/mol. The highest BCUT2D eigenvalue weighted by atomic mass is 16.5. The summed E-state index contributed by atoms with van der Waals surface area (Å²) in [5.74, 6) is -0.0688. The third-order valence-corrected chi connectivity index (χ3v) is 7.03. The van der Waals surface area contributed by atoms with Gasteiger partial charge in [-0.25, -0.2) is 0 Å². The lowest BCUT2D eigenvalue weighted by atomic mass is 9.97. The van der Waals surface area contributed by atoms with Crippen molar-refractivity contribution in [2.45, 2.75) is 31.4 Å². The van der Waals surface area contributed by atoms with Crippen LogP contribution >= 0.6 is 0 Å². The lowest BCUT2D eigenvalue weighted by Gasteiger charge is -2.17. The fourth-order valence-corrected chi connectivity index (χ4v) is 5.69. The van der Waals surface area contributed by atoms with Crippen molar-refractivity contribution in [3.05, 3.63) is 59.7 Å². The molecule has 0 saturated carbocycles. The van der Waals surface area contributed by atoms with Gasteiger partial charge in [-0.15, -0.1) is 0 Å². The fourth-order valence-electron chi connectivity index (χ4n) is 5.69. The number of H-pyrrole nitrogens is 1. The van der Waals surface area contributed by atoms with Gasteiger partial charge in [-0.3, -0.25) is 4.79 Å². The monoisotopic (exact) mass is 427 g/mol. The van der Waals surface area contributed by atoms with Crippen LogP contribution in [0.15, 0.2) is 48.5 Å². The van der Waals surface area contributed by atoms with Crippen LogP contribution in [0.25, 0.3) is 43.6 Å². The molecule has 3 atom stereocenters. The number of carbonyl (C=O) groups excluding carboxylic acids is 1. The molecule has 1 amide bonds. The Bertz CT molecular complexity index is 1580. The zero-order chi connectivity index (χ0) is 21.6. The molecule has 0 aliphatic carbocycles. The first kappa shape index (κ1) is 18.2. The maximum absolute atomic E-state index is 13.1. The molecule has 2 aliphatic heterocycles. The van der Waals surface area contributed by atoms with Crippen molar-refractivity contribution in [1.82, 2.24) is 14.9 Å². The van der Waals surface area contributed by atoms with Crippen molar-refractivity contribution >= 4 is 49.5 Å². The molecule has 160 valence electrons. The van der Waals surface area contributed by atoms with Gasteiger partial charge in [0.15, 0.2) is 0 Å². The molecule has 1 saturated heterocycles. The predicted octanol–water partition coefficient (Wildman–Crippen LogP) is 3.31. The third kappa shape index (κ3) is 2.17. The summed E-state index contributed by atoms with van der Waals surface area (Å²) >= 11 is 0. The summed E-state index contributed by atoms with van der Waals surface area (Å²) in [5, 5.41) is 27.1. The maximum Gasteiger partial charge on any atom is 0.252 e. The smallest absolute Gasteiger partial charge is 0.252 e. The molecule has 7 rings (SSSR count). The van der Waals surface area contributed by atoms with Crippen molar-refractivity contribution in [3.63, 3.8) is 0 Å². The molecule has 1 fully saturated rings. The Kier molecular flexibility index (Phi) is 3.60. The van der Waals surface area contributed by atoms with Crippen molar-refractivity contribution in [2.75, 3.05) is 6.61 Å². The molecule has 32 heavy (non-hydrogen) atoms. The van der Waals surface area contributed by atoms with E-state index >= 15 is 0 Å². The Morgan fingerprint density at radius 1 is 1.06 bits per heavy atom. The van der Waals surface area contributed by atoms with Crippen LogP contribution in [0.4, 0.5) is 0 Å². The van der Waals surface area contributed by atoms with Crippen LogP contribution < -0.4 is 5.32 Å². The summed E-state index contributed by atoms with van der Waals surface area (Å²) in [7, 11) is 0. The van der Waals surface area contributed by atoms with E-state index in [4.69, 9.17) is 4.74 Å². The zero-order valence-corrected chi connectivity index (χ0v) is 17.1. The van der Waals surface area contributed by atoms with Gasteiger partial charge in [0, 0.05) is 40.0 Å². The number of rotatable bonds is 2. The van der Waals surface area contributed by atoms with E-state index in [1.54, 1.807) is 0 Å². The summed E-state index contributed by atoms with van der Waals surface area (Å²) in [6.45, 7) is 0.252. The number of hydrogen-bond donors (Lipinski definition) is 4. The van der Waals surface area contributed by atoms with Crippen molar-refractivity contribution in [2.24, 2.45) is 0 Å². The number of nitrogens with one attached hydrogen (secondary N) is 2. The van der Waals surface area contributed by atoms with Crippen molar-refractivity contribution in [1.29, 1.82) is 0 Å². The zero-order valence-electron chi connectivity index (χ0n) is 17.1. The van der Waals surface area contributed by atoms with Crippen LogP contribution in [-0.2, 0) is 11.3 Å². The van der Waals surface area contributed by atoms with Gasteiger partial charge in [-0.2, -0.15) is 0 Å². The lowest BCUT2D eigenvalue weighted by molar-refractivity contribution is -0.0415. The molecule has 2 aromatic heterocycles. The Labute approximate surface area is 182 Å². The molecule has 0 unspecified atom stereocenters. The summed E-state index contributed by atoms with van der Waals surface area (Å²) in [5.41, 5.74) is 5.52. The highest BCUT2D eigenvalue weighted by Gasteiger charge is 2.38. The molecule has 7 heteroatoms. The highest BCUT2D eigenvalue weighted by molar-refractivity contribution is 6.30. The Morgan fingerprint density at radius 3 is 2.66 bits per heavy atom. The molecule has 4 N–H and O–H groups in total. The van der Waals surface area contributed by atoms with Crippen LogP contribution in [0.1, 0.15) is 28.6 Å². The van der Waals surface area contributed by atoms with Crippen LogP contribution in [0.2, 0.25) is 0 Å². The molecule has 0 bridgehead atoms. The summed E-state index contributed by atoms with van der Waals surface area (Å²) in [6.07, 6.45) is -1.48. The first-order valence-electron chi connectivity index (χ1n) is 10.9. The minimum absolute atomic E-state index is 0.0688. The normalized spacial score (nSPS) is 23.1. The maximum atomic E-state index is 13.1. The number of aromatic amines is 1. The Morgan fingerprint density at radius 2 is 1.84 bits per heavy atom. The summed E-state index contributed by atoms with van der Waals surface area (Å²) in [6, 6.07) is 16.1. The molecular weight excluding hydrogens is 406 g/mol. The van der Waals surface area contributed by atoms with Gasteiger partial charge in [0.25, 0.3) is 5.91 Å². The Hall–Kier alpha value is -3.39. The third-order valence-electron chi connectivity index (χ3n) is 7.03. The van der Waals surface area contributed by atoms with Crippen LogP contribution in [0.3, 0.4) is 0 Å². The average molecular weight is 427 g/mol. The minimum atomic E-state index is -0.753. The number of hydrogen-bond acceptors (Lipinski definition) is 4. The second kappa shape index (κ2) is 6.32. The average Bonchev–Trinajstić information content (AvgIpc) is 3.55. The van der Waals surface area contributed by atoms with Gasteiger partial charge in [-0.1, -0.05) is 36.4 Å². The van der Waals surface area contributed by atoms with E-state index in [1.165, 1.54) is 0 Å². The first-order valence-corrected chi connectivity index (χ1v) is 10.9. The van der Waals surface area contributed by atoms with Crippen LogP contribution in [-0.4, -0.2) is 44.5 Å². The van der Waals surface area contributed by atoms with Gasteiger partial charge in [0.2, 0.25) is 0 Å². The molecule has 5 aromatic rings. The largest absolute Gasteiger partial charge is 0.394 e. The summed E-state index contributed by atoms with van der Waals surface area (Å²) in [4.78, 5) is 16.7. The second-order valence-corrected chi connectivity index (χ2v) is 8.68. The SMILES string of the molecule is O=C1NCc2c1c1c3ccccc3n([C@H]3C[C@H](O)[C@@H](CO)O3)c1c1[nH]c3ccccc3c21. The number of fused-ring (bicyclic) bond motifs is 10. The van der Waals surface area contributed by atoms with Gasteiger partial charge < -0.3 is 29.8 Å². The van der Waals surface area contributed by atoms with Gasteiger partial charge >= 0.3 is 0 Å². The first-order chi connectivity index (χ1) is 15.7. The molecular formula is C25H21N3O4. The number of aliphatic hydroxyl groups excluding tert-OH is 2. The minimum Gasteiger partial charge on any atom is -0.394 e. The number of ether oxygens (including phenoxy) is 1. The standard InChI is InChI=1S/C25H21N3O4/c29-11-18-17(30)9-19(32-18)28-16-8-4-2-6-13(16)21-22-14(10-26-25(22)31)20-12-5-1-3-7-15(12)27-23(20)24(21)28/h1-8,17-19,27,29-30H,9-11H2,(H,26,31)/t17-,18+,19+/m0/s1. The second-order valence-electron chi connectivity index (χ2n) is 8.68. The van der Waals surface area contributed by atoms with E-state index in [9.17, 15) is 15.0 Å². The quantitative estimate of drug-likeness (QED) is 0.347. The topological polar surface area (TPSA) is 99.5 Å². The lowest BCUT2D eigenvalue weighted by Crippen LogP contribution is -2.24. The van der Waals surface area contributed by atoms with E-state index < -0.39 is 18.4 Å². The Balaban J connectivity index is 1.71. The van der Waals surface area contributed by atoms with Gasteiger partial charge in [0.05, 0.1) is 34.8 Å². The van der Waals surface area contributed by atoms with Crippen molar-refractivity contribution in [3.8, 4) is 0 Å². The molecule has 0 spiro atoms. The van der Waals surface area contributed by atoms with E-state index in [0.717, 1.165) is 49.2 Å². The van der Waals surface area contributed by atoms with E-state index in [2.05, 4.69) is 20.9 Å². The number of aliphatic hydroxyl groups is 2. The van der Waals surface area contributed by atoms with Crippen LogP contribution in [0.5, 0.6) is 0 Å². The molecule has 3 aromatic carbocycles. The molecule has 7 nitrogen and oxygen atoms in total. The molecule has 0 radical (unpaired) electrons. The van der Waals surface area contributed by atoms with Crippen molar-refractivity contribution < 1.29 is 19.7 Å². The number of benzene rings is 3. The number of nitrogens with zero attached hydrogens (tertiary/aromatic N) is 1. The van der Waals surface area contributed by atoms with Crippen LogP contribution in [0, 0.1) is 0 Å². The fraction of sp³-hybridized carbons (Fsp3) is 0.240. The number of para-hydroxylation sites is 2. The van der Waals surface area contributed by atoms with E-state index in [-0.39, 0.29) is 12.5 Å². The highest BCUT2D eigenvalue weighted by Crippen LogP contribution is 2.46. The van der Waals surface area contributed by atoms with Gasteiger partial charge in [0.1, 0.15) is 12.3 Å². The van der Waals surface area contributed by atoms with E-state index in [0.29, 0.717) is 18.5 Å². The summed E-state index contributed by atoms with van der Waals surface area (Å²) < 4.78 is 8.19. The number of carbonyl (C=O) groups is 1. The molecule has 4 heterocycles.